The average Bonchev–Trinajstić information content (AvgIpc) is 2.35. The zero-order valence-corrected chi connectivity index (χ0v) is 11.9. The average molecular weight is 285 g/mol. The van der Waals surface area contributed by atoms with Crippen LogP contribution in [0.25, 0.3) is 0 Å². The normalized spacial score (nSPS) is 16.8. The van der Waals surface area contributed by atoms with E-state index < -0.39 is 0 Å². The Bertz CT molecular complexity index is 423. The second-order valence-corrected chi connectivity index (χ2v) is 6.00. The Morgan fingerprint density at radius 2 is 1.89 bits per heavy atom. The van der Waals surface area contributed by atoms with Gasteiger partial charge < -0.3 is 0 Å². The molecule has 98 valence electrons. The van der Waals surface area contributed by atoms with Gasteiger partial charge >= 0.3 is 0 Å². The van der Waals surface area contributed by atoms with Crippen LogP contribution in [0.5, 0.6) is 0 Å². The molecule has 1 aliphatic rings. The molecule has 1 aliphatic carbocycles. The number of rotatable bonds is 4. The fourth-order valence-electron chi connectivity index (χ4n) is 2.68. The highest BCUT2D eigenvalue weighted by Crippen LogP contribution is 2.28. The van der Waals surface area contributed by atoms with E-state index in [1.165, 1.54) is 32.1 Å². The van der Waals surface area contributed by atoms with E-state index in [2.05, 4.69) is 0 Å². The van der Waals surface area contributed by atoms with Crippen LogP contribution in [0.3, 0.4) is 0 Å². The standard InChI is InChI=1S/C15H18Cl2O/c16-13-6-7-15(17)12(9-13)10-14(18)8-11-4-2-1-3-5-11/h6-7,9,11H,1-5,8,10H2. The van der Waals surface area contributed by atoms with Gasteiger partial charge in [-0.1, -0.05) is 55.3 Å². The maximum Gasteiger partial charge on any atom is 0.137 e. The van der Waals surface area contributed by atoms with E-state index in [-0.39, 0.29) is 5.78 Å². The Morgan fingerprint density at radius 1 is 1.17 bits per heavy atom. The summed E-state index contributed by atoms with van der Waals surface area (Å²) in [5.74, 6) is 0.871. The molecule has 18 heavy (non-hydrogen) atoms. The lowest BCUT2D eigenvalue weighted by molar-refractivity contribution is -0.119. The van der Waals surface area contributed by atoms with Gasteiger partial charge in [-0.25, -0.2) is 0 Å². The smallest absolute Gasteiger partial charge is 0.137 e. The van der Waals surface area contributed by atoms with Crippen LogP contribution in [-0.4, -0.2) is 5.78 Å². The molecule has 1 aromatic carbocycles. The van der Waals surface area contributed by atoms with Crippen molar-refractivity contribution in [3.63, 3.8) is 0 Å². The molecule has 1 fully saturated rings. The van der Waals surface area contributed by atoms with Crippen LogP contribution in [0.2, 0.25) is 10.0 Å². The first kappa shape index (κ1) is 13.9. The van der Waals surface area contributed by atoms with Crippen molar-refractivity contribution in [2.45, 2.75) is 44.9 Å². The third kappa shape index (κ3) is 4.00. The summed E-state index contributed by atoms with van der Waals surface area (Å²) in [5, 5.41) is 1.27. The first-order valence-corrected chi connectivity index (χ1v) is 7.36. The molecule has 0 aliphatic heterocycles. The van der Waals surface area contributed by atoms with E-state index in [0.29, 0.717) is 28.8 Å². The summed E-state index contributed by atoms with van der Waals surface area (Å²) in [7, 11) is 0. The lowest BCUT2D eigenvalue weighted by atomic mass is 9.85. The van der Waals surface area contributed by atoms with Gasteiger partial charge in [-0.15, -0.1) is 0 Å². The van der Waals surface area contributed by atoms with Gasteiger partial charge in [0.05, 0.1) is 0 Å². The first-order chi connectivity index (χ1) is 8.65. The second-order valence-electron chi connectivity index (χ2n) is 5.16. The van der Waals surface area contributed by atoms with Crippen molar-refractivity contribution >= 4 is 29.0 Å². The van der Waals surface area contributed by atoms with E-state index in [1.807, 2.05) is 0 Å². The summed E-state index contributed by atoms with van der Waals surface area (Å²) < 4.78 is 0. The Balaban J connectivity index is 1.92. The topological polar surface area (TPSA) is 17.1 Å². The second kappa shape index (κ2) is 6.58. The molecule has 0 unspecified atom stereocenters. The highest BCUT2D eigenvalue weighted by atomic mass is 35.5. The number of carbonyl (C=O) groups is 1. The molecular formula is C15H18Cl2O. The molecule has 0 spiro atoms. The van der Waals surface area contributed by atoms with Crippen LogP contribution in [0, 0.1) is 5.92 Å². The molecule has 0 radical (unpaired) electrons. The highest BCUT2D eigenvalue weighted by Gasteiger charge is 2.17. The molecule has 0 amide bonds. The quantitative estimate of drug-likeness (QED) is 0.754. The van der Waals surface area contributed by atoms with Crippen LogP contribution in [-0.2, 0) is 11.2 Å². The van der Waals surface area contributed by atoms with Crippen molar-refractivity contribution in [1.29, 1.82) is 0 Å². The molecule has 1 nitrogen and oxygen atoms in total. The molecule has 3 heteroatoms. The number of hydrogen-bond donors (Lipinski definition) is 0. The van der Waals surface area contributed by atoms with Crippen LogP contribution in [0.4, 0.5) is 0 Å². The van der Waals surface area contributed by atoms with E-state index in [0.717, 1.165) is 5.56 Å². The summed E-state index contributed by atoms with van der Waals surface area (Å²) >= 11 is 12.0. The van der Waals surface area contributed by atoms with Crippen LogP contribution in [0.1, 0.15) is 44.1 Å². The van der Waals surface area contributed by atoms with Crippen LogP contribution < -0.4 is 0 Å². The lowest BCUT2D eigenvalue weighted by Gasteiger charge is -2.20. The molecular weight excluding hydrogens is 267 g/mol. The fraction of sp³-hybridized carbons (Fsp3) is 0.533. The minimum Gasteiger partial charge on any atom is -0.299 e. The number of hydrogen-bond acceptors (Lipinski definition) is 1. The Hall–Kier alpha value is -0.530. The van der Waals surface area contributed by atoms with Gasteiger partial charge in [0.25, 0.3) is 0 Å². The third-order valence-corrected chi connectivity index (χ3v) is 4.24. The van der Waals surface area contributed by atoms with Crippen molar-refractivity contribution in [2.24, 2.45) is 5.92 Å². The molecule has 2 rings (SSSR count). The van der Waals surface area contributed by atoms with E-state index in [4.69, 9.17) is 23.2 Å². The van der Waals surface area contributed by atoms with Gasteiger partial charge in [0.2, 0.25) is 0 Å². The van der Waals surface area contributed by atoms with Crippen LogP contribution >= 0.6 is 23.2 Å². The Kier molecular flexibility index (Phi) is 5.08. The van der Waals surface area contributed by atoms with Gasteiger partial charge in [0.15, 0.2) is 0 Å². The van der Waals surface area contributed by atoms with E-state index in [9.17, 15) is 4.79 Å². The third-order valence-electron chi connectivity index (χ3n) is 3.64. The maximum atomic E-state index is 12.0. The molecule has 0 atom stereocenters. The number of Topliss-reactive ketones (excluding diaryl/α,β-unsaturated/α-hetero) is 1. The minimum absolute atomic E-state index is 0.283. The molecule has 0 bridgehead atoms. The predicted molar refractivity (Wildman–Crippen MR) is 76.4 cm³/mol. The first-order valence-electron chi connectivity index (χ1n) is 6.61. The SMILES string of the molecule is O=C(Cc1cc(Cl)ccc1Cl)CC1CCCCC1. The number of ketones is 1. The lowest BCUT2D eigenvalue weighted by Crippen LogP contribution is -2.13. The molecule has 0 heterocycles. The highest BCUT2D eigenvalue weighted by molar-refractivity contribution is 6.33. The largest absolute Gasteiger partial charge is 0.299 e. The summed E-state index contributed by atoms with van der Waals surface area (Å²) in [4.78, 5) is 12.0. The summed E-state index contributed by atoms with van der Waals surface area (Å²) in [6.07, 6.45) is 7.39. The van der Waals surface area contributed by atoms with Gasteiger partial charge in [0, 0.05) is 22.9 Å². The van der Waals surface area contributed by atoms with Crippen molar-refractivity contribution in [2.75, 3.05) is 0 Å². The van der Waals surface area contributed by atoms with Crippen LogP contribution in [0.15, 0.2) is 18.2 Å². The number of halogens is 2. The predicted octanol–water partition coefficient (Wildman–Crippen LogP) is 5.08. The number of carbonyl (C=O) groups excluding carboxylic acids is 1. The number of benzene rings is 1. The van der Waals surface area contributed by atoms with Crippen molar-refractivity contribution < 1.29 is 4.79 Å². The van der Waals surface area contributed by atoms with Crippen molar-refractivity contribution in [1.82, 2.24) is 0 Å². The summed E-state index contributed by atoms with van der Waals surface area (Å²) in [6.45, 7) is 0. The van der Waals surface area contributed by atoms with E-state index >= 15 is 0 Å². The Labute approximate surface area is 118 Å². The minimum atomic E-state index is 0.283. The monoisotopic (exact) mass is 284 g/mol. The summed E-state index contributed by atoms with van der Waals surface area (Å²) in [5.41, 5.74) is 0.852. The van der Waals surface area contributed by atoms with Gasteiger partial charge in [0.1, 0.15) is 5.78 Å². The van der Waals surface area contributed by atoms with Gasteiger partial charge in [-0.3, -0.25) is 4.79 Å². The maximum absolute atomic E-state index is 12.0. The molecule has 0 N–H and O–H groups in total. The molecule has 0 aromatic heterocycles. The molecule has 0 saturated heterocycles. The Morgan fingerprint density at radius 3 is 2.61 bits per heavy atom. The van der Waals surface area contributed by atoms with Gasteiger partial charge in [-0.2, -0.15) is 0 Å². The molecule has 1 aromatic rings. The van der Waals surface area contributed by atoms with Crippen molar-refractivity contribution in [3.8, 4) is 0 Å². The van der Waals surface area contributed by atoms with Gasteiger partial charge in [-0.05, 0) is 29.7 Å². The summed E-state index contributed by atoms with van der Waals surface area (Å²) in [6, 6.07) is 5.30. The van der Waals surface area contributed by atoms with Crippen molar-refractivity contribution in [3.05, 3.63) is 33.8 Å². The molecule has 1 saturated carbocycles. The fourth-order valence-corrected chi connectivity index (χ4v) is 3.06. The zero-order chi connectivity index (χ0) is 13.0. The zero-order valence-electron chi connectivity index (χ0n) is 10.4. The van der Waals surface area contributed by atoms with E-state index in [1.54, 1.807) is 18.2 Å².